The van der Waals surface area contributed by atoms with Crippen LogP contribution in [0.2, 0.25) is 5.02 Å². The van der Waals surface area contributed by atoms with E-state index in [0.29, 0.717) is 18.0 Å². The van der Waals surface area contributed by atoms with E-state index in [9.17, 15) is 0 Å². The van der Waals surface area contributed by atoms with Gasteiger partial charge in [0.15, 0.2) is 0 Å². The lowest BCUT2D eigenvalue weighted by atomic mass is 9.95. The van der Waals surface area contributed by atoms with E-state index in [1.807, 2.05) is 12.1 Å². The van der Waals surface area contributed by atoms with E-state index in [1.165, 1.54) is 5.56 Å². The van der Waals surface area contributed by atoms with Gasteiger partial charge >= 0.3 is 0 Å². The van der Waals surface area contributed by atoms with Crippen LogP contribution in [0.5, 0.6) is 0 Å². The fourth-order valence-corrected chi connectivity index (χ4v) is 2.09. The molecular formula is C15H24ClNO. The summed E-state index contributed by atoms with van der Waals surface area (Å²) in [6.45, 7) is 8.67. The van der Waals surface area contributed by atoms with E-state index in [1.54, 1.807) is 7.11 Å². The number of hydrogen-bond acceptors (Lipinski definition) is 2. The van der Waals surface area contributed by atoms with Crippen molar-refractivity contribution in [3.05, 3.63) is 34.9 Å². The molecule has 3 unspecified atom stereocenters. The summed E-state index contributed by atoms with van der Waals surface area (Å²) in [5, 5.41) is 4.41. The SMILES string of the molecule is COC(C)C(C)NC(c1ccc(Cl)cc1)C(C)C. The summed E-state index contributed by atoms with van der Waals surface area (Å²) < 4.78 is 5.36. The summed E-state index contributed by atoms with van der Waals surface area (Å²) >= 11 is 5.93. The van der Waals surface area contributed by atoms with E-state index in [2.05, 4.69) is 45.1 Å². The lowest BCUT2D eigenvalue weighted by Crippen LogP contribution is -2.40. The fourth-order valence-electron chi connectivity index (χ4n) is 1.97. The van der Waals surface area contributed by atoms with Crippen LogP contribution in [0.15, 0.2) is 24.3 Å². The van der Waals surface area contributed by atoms with Crippen molar-refractivity contribution in [2.75, 3.05) is 7.11 Å². The number of nitrogens with one attached hydrogen (secondary N) is 1. The van der Waals surface area contributed by atoms with Gasteiger partial charge in [-0.2, -0.15) is 0 Å². The zero-order chi connectivity index (χ0) is 13.7. The molecule has 0 heterocycles. The molecule has 1 N–H and O–H groups in total. The quantitative estimate of drug-likeness (QED) is 0.841. The van der Waals surface area contributed by atoms with Crippen molar-refractivity contribution in [3.8, 4) is 0 Å². The molecular weight excluding hydrogens is 246 g/mol. The van der Waals surface area contributed by atoms with Gasteiger partial charge in [-0.15, -0.1) is 0 Å². The Morgan fingerprint density at radius 3 is 2.06 bits per heavy atom. The maximum absolute atomic E-state index is 5.93. The second kappa shape index (κ2) is 7.13. The lowest BCUT2D eigenvalue weighted by Gasteiger charge is -2.29. The highest BCUT2D eigenvalue weighted by Gasteiger charge is 2.20. The highest BCUT2D eigenvalue weighted by molar-refractivity contribution is 6.30. The van der Waals surface area contributed by atoms with Crippen molar-refractivity contribution < 1.29 is 4.74 Å². The average Bonchev–Trinajstić information content (AvgIpc) is 2.35. The van der Waals surface area contributed by atoms with Crippen LogP contribution in [-0.2, 0) is 4.74 Å². The second-order valence-electron chi connectivity index (χ2n) is 5.17. The summed E-state index contributed by atoms with van der Waals surface area (Å²) in [5.74, 6) is 0.512. The molecule has 0 aliphatic rings. The van der Waals surface area contributed by atoms with Crippen molar-refractivity contribution >= 4 is 11.6 Å². The largest absolute Gasteiger partial charge is 0.380 e. The Kier molecular flexibility index (Phi) is 6.13. The van der Waals surface area contributed by atoms with Crippen LogP contribution in [0.25, 0.3) is 0 Å². The van der Waals surface area contributed by atoms with Gasteiger partial charge < -0.3 is 10.1 Å². The molecule has 0 saturated heterocycles. The Morgan fingerprint density at radius 2 is 1.61 bits per heavy atom. The van der Waals surface area contributed by atoms with Crippen molar-refractivity contribution in [2.24, 2.45) is 5.92 Å². The highest BCUT2D eigenvalue weighted by atomic mass is 35.5. The summed E-state index contributed by atoms with van der Waals surface area (Å²) in [4.78, 5) is 0. The molecule has 1 aromatic rings. The van der Waals surface area contributed by atoms with Gasteiger partial charge in [0.25, 0.3) is 0 Å². The Hall–Kier alpha value is -0.570. The third-order valence-corrected chi connectivity index (χ3v) is 3.67. The predicted molar refractivity (Wildman–Crippen MR) is 78.1 cm³/mol. The molecule has 3 atom stereocenters. The first kappa shape index (κ1) is 15.5. The average molecular weight is 270 g/mol. The molecule has 0 aromatic heterocycles. The molecule has 0 spiro atoms. The van der Waals surface area contributed by atoms with Crippen molar-refractivity contribution in [1.82, 2.24) is 5.32 Å². The minimum atomic E-state index is 0.193. The maximum atomic E-state index is 5.93. The summed E-state index contributed by atoms with van der Waals surface area (Å²) in [6.07, 6.45) is 0.193. The molecule has 3 heteroatoms. The number of benzene rings is 1. The predicted octanol–water partition coefficient (Wildman–Crippen LogP) is 4.05. The van der Waals surface area contributed by atoms with Gasteiger partial charge in [0.05, 0.1) is 6.10 Å². The zero-order valence-electron chi connectivity index (χ0n) is 11.9. The zero-order valence-corrected chi connectivity index (χ0v) is 12.7. The van der Waals surface area contributed by atoms with Crippen LogP contribution in [0, 0.1) is 5.92 Å². The number of methoxy groups -OCH3 is 1. The van der Waals surface area contributed by atoms with Gasteiger partial charge in [-0.1, -0.05) is 37.6 Å². The Morgan fingerprint density at radius 1 is 1.06 bits per heavy atom. The third-order valence-electron chi connectivity index (χ3n) is 3.41. The number of hydrogen-bond donors (Lipinski definition) is 1. The first-order valence-electron chi connectivity index (χ1n) is 6.50. The van der Waals surface area contributed by atoms with Crippen molar-refractivity contribution in [2.45, 2.75) is 45.9 Å². The van der Waals surface area contributed by atoms with E-state index in [0.717, 1.165) is 5.02 Å². The molecule has 0 aliphatic carbocycles. The lowest BCUT2D eigenvalue weighted by molar-refractivity contribution is 0.0816. The fraction of sp³-hybridized carbons (Fsp3) is 0.600. The molecule has 0 aliphatic heterocycles. The molecule has 0 fully saturated rings. The summed E-state index contributed by atoms with van der Waals surface area (Å²) in [5.41, 5.74) is 1.27. The van der Waals surface area contributed by atoms with Gasteiger partial charge in [-0.25, -0.2) is 0 Å². The molecule has 0 bridgehead atoms. The monoisotopic (exact) mass is 269 g/mol. The van der Waals surface area contributed by atoms with Gasteiger partial charge in [-0.05, 0) is 37.5 Å². The van der Waals surface area contributed by atoms with Gasteiger partial charge in [0.2, 0.25) is 0 Å². The Labute approximate surface area is 116 Å². The van der Waals surface area contributed by atoms with E-state index in [4.69, 9.17) is 16.3 Å². The molecule has 1 rings (SSSR count). The number of halogens is 1. The first-order chi connectivity index (χ1) is 8.45. The molecule has 0 amide bonds. The topological polar surface area (TPSA) is 21.3 Å². The van der Waals surface area contributed by atoms with Gasteiger partial charge in [-0.3, -0.25) is 0 Å². The normalized spacial score (nSPS) is 16.6. The molecule has 18 heavy (non-hydrogen) atoms. The first-order valence-corrected chi connectivity index (χ1v) is 6.87. The van der Waals surface area contributed by atoms with Crippen molar-refractivity contribution in [1.29, 1.82) is 0 Å². The molecule has 2 nitrogen and oxygen atoms in total. The molecule has 0 saturated carbocycles. The van der Waals surface area contributed by atoms with E-state index < -0.39 is 0 Å². The molecule has 1 aromatic carbocycles. The van der Waals surface area contributed by atoms with Crippen LogP contribution in [0.3, 0.4) is 0 Å². The van der Waals surface area contributed by atoms with Crippen LogP contribution in [0.1, 0.15) is 39.3 Å². The van der Waals surface area contributed by atoms with Crippen LogP contribution < -0.4 is 5.32 Å². The van der Waals surface area contributed by atoms with Gasteiger partial charge in [0, 0.05) is 24.2 Å². The third kappa shape index (κ3) is 4.27. The summed E-state index contributed by atoms with van der Waals surface area (Å²) in [7, 11) is 1.75. The Balaban J connectivity index is 2.80. The number of ether oxygens (including phenoxy) is 1. The standard InChI is InChI=1S/C15H24ClNO/c1-10(2)15(17-11(3)12(4)18-5)13-6-8-14(16)9-7-13/h6-12,15,17H,1-5H3. The number of rotatable bonds is 6. The van der Waals surface area contributed by atoms with Crippen LogP contribution in [-0.4, -0.2) is 19.3 Å². The Bertz CT molecular complexity index is 350. The van der Waals surface area contributed by atoms with Gasteiger partial charge in [0.1, 0.15) is 0 Å². The summed E-state index contributed by atoms with van der Waals surface area (Å²) in [6, 6.07) is 8.68. The van der Waals surface area contributed by atoms with E-state index in [-0.39, 0.29) is 6.10 Å². The minimum absolute atomic E-state index is 0.193. The highest BCUT2D eigenvalue weighted by Crippen LogP contribution is 2.24. The van der Waals surface area contributed by atoms with Crippen LogP contribution in [0.4, 0.5) is 0 Å². The second-order valence-corrected chi connectivity index (χ2v) is 5.61. The smallest absolute Gasteiger partial charge is 0.0693 e. The van der Waals surface area contributed by atoms with Crippen molar-refractivity contribution in [3.63, 3.8) is 0 Å². The molecule has 102 valence electrons. The maximum Gasteiger partial charge on any atom is 0.0693 e. The van der Waals surface area contributed by atoms with Crippen LogP contribution >= 0.6 is 11.6 Å². The molecule has 0 radical (unpaired) electrons. The minimum Gasteiger partial charge on any atom is -0.380 e. The van der Waals surface area contributed by atoms with E-state index >= 15 is 0 Å².